The van der Waals surface area contributed by atoms with Gasteiger partial charge in [0.2, 0.25) is 5.91 Å². The first-order valence-electron chi connectivity index (χ1n) is 9.43. The van der Waals surface area contributed by atoms with Gasteiger partial charge in [0, 0.05) is 11.6 Å². The van der Waals surface area contributed by atoms with Gasteiger partial charge in [0.05, 0.1) is 11.6 Å². The lowest BCUT2D eigenvalue weighted by Gasteiger charge is -2.12. The molecule has 3 N–H and O–H groups in total. The van der Waals surface area contributed by atoms with Gasteiger partial charge in [-0.1, -0.05) is 38.1 Å². The summed E-state index contributed by atoms with van der Waals surface area (Å²) >= 11 is 8.44. The highest BCUT2D eigenvalue weighted by molar-refractivity contribution is 9.10. The monoisotopic (exact) mass is 505 g/mol. The predicted octanol–water partition coefficient (Wildman–Crippen LogP) is 3.70. The van der Waals surface area contributed by atoms with E-state index in [1.54, 1.807) is 25.3 Å². The zero-order valence-electron chi connectivity index (χ0n) is 17.4. The summed E-state index contributed by atoms with van der Waals surface area (Å²) in [6.07, 6.45) is 2.92. The number of hydrogen-bond acceptors (Lipinski definition) is 5. The van der Waals surface area contributed by atoms with E-state index in [0.717, 1.165) is 15.6 Å². The van der Waals surface area contributed by atoms with Gasteiger partial charge >= 0.3 is 0 Å². The number of halogens is 1. The SMILES string of the molecule is COc1ccccc1C=CC(=O)NC(=S)NNC(=O)COc1ccc(C(C)C)cc1Br. The Kier molecular flexibility index (Phi) is 9.48. The minimum atomic E-state index is -0.457. The van der Waals surface area contributed by atoms with Gasteiger partial charge in [0.15, 0.2) is 11.7 Å². The molecule has 0 radical (unpaired) electrons. The molecular formula is C22H24BrN3O4S. The van der Waals surface area contributed by atoms with Gasteiger partial charge in [-0.05, 0) is 63.9 Å². The number of ether oxygens (including phenoxy) is 2. The Hall–Kier alpha value is -2.91. The fraction of sp³-hybridized carbons (Fsp3) is 0.227. The normalized spacial score (nSPS) is 10.6. The molecule has 0 bridgehead atoms. The predicted molar refractivity (Wildman–Crippen MR) is 128 cm³/mol. The van der Waals surface area contributed by atoms with Crippen LogP contribution >= 0.6 is 28.1 Å². The van der Waals surface area contributed by atoms with Crippen LogP contribution in [0, 0.1) is 0 Å². The van der Waals surface area contributed by atoms with Gasteiger partial charge in [-0.3, -0.25) is 25.8 Å². The maximum atomic E-state index is 12.0. The van der Waals surface area contributed by atoms with Crippen molar-refractivity contribution in [3.63, 3.8) is 0 Å². The van der Waals surface area contributed by atoms with Crippen LogP contribution in [0.15, 0.2) is 53.0 Å². The number of nitrogens with one attached hydrogen (secondary N) is 3. The van der Waals surface area contributed by atoms with Crippen molar-refractivity contribution in [1.29, 1.82) is 0 Å². The van der Waals surface area contributed by atoms with E-state index in [4.69, 9.17) is 21.7 Å². The Labute approximate surface area is 195 Å². The molecule has 0 aliphatic carbocycles. The fourth-order valence-electron chi connectivity index (χ4n) is 2.45. The Morgan fingerprint density at radius 2 is 1.87 bits per heavy atom. The van der Waals surface area contributed by atoms with Crippen LogP contribution in [0.3, 0.4) is 0 Å². The number of methoxy groups -OCH3 is 1. The van der Waals surface area contributed by atoms with E-state index in [9.17, 15) is 9.59 Å². The number of carbonyl (C=O) groups excluding carboxylic acids is 2. The van der Waals surface area contributed by atoms with Gasteiger partial charge in [0.1, 0.15) is 11.5 Å². The summed E-state index contributed by atoms with van der Waals surface area (Å²) in [5, 5.41) is 2.38. The number of benzene rings is 2. The van der Waals surface area contributed by atoms with Crippen molar-refractivity contribution in [1.82, 2.24) is 16.2 Å². The van der Waals surface area contributed by atoms with Gasteiger partial charge in [-0.25, -0.2) is 0 Å². The topological polar surface area (TPSA) is 88.7 Å². The van der Waals surface area contributed by atoms with Crippen molar-refractivity contribution in [2.75, 3.05) is 13.7 Å². The molecule has 0 heterocycles. The van der Waals surface area contributed by atoms with Gasteiger partial charge in [0.25, 0.3) is 5.91 Å². The molecule has 0 saturated heterocycles. The fourth-order valence-corrected chi connectivity index (χ4v) is 3.12. The van der Waals surface area contributed by atoms with Crippen LogP contribution in [-0.4, -0.2) is 30.6 Å². The van der Waals surface area contributed by atoms with Crippen LogP contribution in [0.1, 0.15) is 30.9 Å². The van der Waals surface area contributed by atoms with Crippen molar-refractivity contribution in [3.8, 4) is 11.5 Å². The molecule has 9 heteroatoms. The minimum absolute atomic E-state index is 0.0505. The number of thiocarbonyl (C=S) groups is 1. The van der Waals surface area contributed by atoms with Crippen molar-refractivity contribution >= 4 is 51.2 Å². The van der Waals surface area contributed by atoms with Crippen molar-refractivity contribution in [2.45, 2.75) is 19.8 Å². The molecular weight excluding hydrogens is 482 g/mol. The summed E-state index contributed by atoms with van der Waals surface area (Å²) in [6.45, 7) is 3.96. The third-order valence-electron chi connectivity index (χ3n) is 4.09. The minimum Gasteiger partial charge on any atom is -0.496 e. The number of rotatable bonds is 7. The zero-order chi connectivity index (χ0) is 22.8. The van der Waals surface area contributed by atoms with Gasteiger partial charge in [-0.15, -0.1) is 0 Å². The Bertz CT molecular complexity index is 979. The molecule has 0 fully saturated rings. The largest absolute Gasteiger partial charge is 0.496 e. The third kappa shape index (κ3) is 8.03. The van der Waals surface area contributed by atoms with Gasteiger partial charge in [-0.2, -0.15) is 0 Å². The number of para-hydroxylation sites is 1. The van der Waals surface area contributed by atoms with Crippen LogP contribution < -0.4 is 25.6 Å². The van der Waals surface area contributed by atoms with Crippen molar-refractivity contribution in [3.05, 3.63) is 64.1 Å². The molecule has 2 aromatic rings. The smallest absolute Gasteiger partial charge is 0.276 e. The summed E-state index contributed by atoms with van der Waals surface area (Å²) < 4.78 is 11.5. The number of carbonyl (C=O) groups is 2. The van der Waals surface area contributed by atoms with E-state index in [2.05, 4.69) is 45.9 Å². The molecule has 0 spiro atoms. The second-order valence-electron chi connectivity index (χ2n) is 6.70. The molecule has 0 aliphatic heterocycles. The average Bonchev–Trinajstić information content (AvgIpc) is 2.75. The van der Waals surface area contributed by atoms with Crippen LogP contribution in [-0.2, 0) is 9.59 Å². The van der Waals surface area contributed by atoms with Gasteiger partial charge < -0.3 is 9.47 Å². The summed E-state index contributed by atoms with van der Waals surface area (Å²) in [7, 11) is 1.55. The standard InChI is InChI=1S/C22H24BrN3O4S/c1-14(2)16-8-10-19(17(23)12-16)30-13-21(28)25-26-22(31)24-20(27)11-9-15-6-4-5-7-18(15)29-3/h4-12,14H,13H2,1-3H3,(H,25,28)(H2,24,26,27,31). The number of hydrazine groups is 1. The van der Waals surface area contributed by atoms with E-state index in [1.165, 1.54) is 6.08 Å². The first-order valence-corrected chi connectivity index (χ1v) is 10.6. The summed E-state index contributed by atoms with van der Waals surface area (Å²) in [6, 6.07) is 13.0. The van der Waals surface area contributed by atoms with E-state index in [-0.39, 0.29) is 11.7 Å². The Morgan fingerprint density at radius 1 is 1.13 bits per heavy atom. The zero-order valence-corrected chi connectivity index (χ0v) is 19.8. The lowest BCUT2D eigenvalue weighted by Crippen LogP contribution is -2.49. The highest BCUT2D eigenvalue weighted by Gasteiger charge is 2.09. The molecule has 31 heavy (non-hydrogen) atoms. The van der Waals surface area contributed by atoms with Crippen LogP contribution in [0.2, 0.25) is 0 Å². The number of hydrogen-bond donors (Lipinski definition) is 3. The second kappa shape index (κ2) is 12.1. The highest BCUT2D eigenvalue weighted by atomic mass is 79.9. The van der Waals surface area contributed by atoms with E-state index in [0.29, 0.717) is 17.4 Å². The number of amides is 2. The summed E-state index contributed by atoms with van der Waals surface area (Å²) in [4.78, 5) is 23.9. The first-order chi connectivity index (χ1) is 14.8. The molecule has 0 saturated carbocycles. The van der Waals surface area contributed by atoms with E-state index < -0.39 is 11.8 Å². The highest BCUT2D eigenvalue weighted by Crippen LogP contribution is 2.28. The molecule has 2 amide bonds. The van der Waals surface area contributed by atoms with Crippen molar-refractivity contribution in [2.24, 2.45) is 0 Å². The summed E-state index contributed by atoms with van der Waals surface area (Å²) in [5.74, 6) is 0.671. The van der Waals surface area contributed by atoms with Crippen LogP contribution in [0.25, 0.3) is 6.08 Å². The van der Waals surface area contributed by atoms with Crippen molar-refractivity contribution < 1.29 is 19.1 Å². The lowest BCUT2D eigenvalue weighted by atomic mass is 10.0. The third-order valence-corrected chi connectivity index (χ3v) is 4.91. The molecule has 0 atom stereocenters. The Morgan fingerprint density at radius 3 is 2.55 bits per heavy atom. The van der Waals surface area contributed by atoms with Crippen LogP contribution in [0.5, 0.6) is 11.5 Å². The molecule has 2 aromatic carbocycles. The van der Waals surface area contributed by atoms with Crippen LogP contribution in [0.4, 0.5) is 0 Å². The molecule has 7 nitrogen and oxygen atoms in total. The maximum Gasteiger partial charge on any atom is 0.276 e. The summed E-state index contributed by atoms with van der Waals surface area (Å²) in [5.41, 5.74) is 6.73. The van der Waals surface area contributed by atoms with E-state index in [1.807, 2.05) is 30.3 Å². The quantitative estimate of drug-likeness (QED) is 0.302. The molecule has 164 valence electrons. The van der Waals surface area contributed by atoms with E-state index >= 15 is 0 Å². The molecule has 0 unspecified atom stereocenters. The molecule has 2 rings (SSSR count). The average molecular weight is 506 g/mol. The first kappa shape index (κ1) is 24.4. The molecule has 0 aromatic heterocycles. The Balaban J connectivity index is 1.76. The molecule has 0 aliphatic rings. The second-order valence-corrected chi connectivity index (χ2v) is 7.96. The lowest BCUT2D eigenvalue weighted by molar-refractivity contribution is -0.123. The maximum absolute atomic E-state index is 12.0.